The molecule has 4 aliphatic rings. The number of phenols is 2. The molecule has 0 fully saturated rings. The van der Waals surface area contributed by atoms with Gasteiger partial charge < -0.3 is 103 Å². The van der Waals surface area contributed by atoms with Gasteiger partial charge in [0.05, 0.1) is 84.3 Å². The van der Waals surface area contributed by atoms with Crippen molar-refractivity contribution in [2.24, 2.45) is 53.3 Å². The number of nitrogens with one attached hydrogen (secondary N) is 3. The number of aliphatic hydroxyl groups excluding tert-OH is 4. The van der Waals surface area contributed by atoms with E-state index in [9.17, 15) is 69.0 Å². The molecule has 0 spiro atoms. The number of phenolic OH excluding ortho intramolecular Hbond substituents is 2. The van der Waals surface area contributed by atoms with E-state index in [4.69, 9.17) is 66.2 Å². The first-order valence-electron chi connectivity index (χ1n) is 44.7. The highest BCUT2D eigenvalue weighted by Crippen LogP contribution is 2.52. The maximum Gasteiger partial charge on any atom is 0.312 e. The Kier molecular flexibility index (Phi) is 33.4. The van der Waals surface area contributed by atoms with E-state index in [1.807, 2.05) is 0 Å². The SMILES string of the molecule is C.CO[C@H]1/C=C/O[C@@]2(C)Oc3c(C)c(=O)c4c(O)c(c5oc6cc(OCCCC(C)C)ccc6nc5c4c3C2=O)NC(=O)/C(C)=C\C=C\[C@H](C)[C@H](O)[C@@H](C)[C@@H](O)[C@@H](C)[C@H](OC(C)=O)[C@@H]1C.CO[C@H]1/C=C/O[C@@]2(C)Oc3c(C)c(=O)c4c(O)c(c5oc6cc(OCCCCCNC(C)C)ccc6nc5c4c3C2=O)NC(=O)/C(C)=C\C=C\[C@H](C)[C@H](O)[C@@H](C)[C@@H](O)[C@@H](C)[C@H](OC(C)=O)[C@@H]1C. The number of hydrogen-bond donors (Lipinski definition) is 9. The van der Waals surface area contributed by atoms with Crippen molar-refractivity contribution in [2.75, 3.05) is 44.6 Å². The molecule has 2 aromatic heterocycles. The van der Waals surface area contributed by atoms with Gasteiger partial charge in [0.15, 0.2) is 44.7 Å². The second-order valence-electron chi connectivity index (χ2n) is 36.1. The molecule has 132 heavy (non-hydrogen) atoms. The van der Waals surface area contributed by atoms with Gasteiger partial charge in [0.1, 0.15) is 68.6 Å². The van der Waals surface area contributed by atoms with Crippen molar-refractivity contribution in [3.8, 4) is 34.5 Å². The molecule has 9 N–H and O–H groups in total. The number of ether oxygens (including phenoxy) is 10. The lowest BCUT2D eigenvalue weighted by Crippen LogP contribution is -2.46. The molecule has 0 aliphatic carbocycles. The zero-order valence-corrected chi connectivity index (χ0v) is 78.5. The number of carbonyl (C=O) groups is 6. The molecule has 0 unspecified atom stereocenters. The number of anilines is 2. The molecular formula is C101H129N5O26. The molecule has 12 rings (SSSR count). The van der Waals surface area contributed by atoms with Crippen LogP contribution in [0.4, 0.5) is 11.4 Å². The molecule has 6 heterocycles. The Hall–Kier alpha value is -11.6. The van der Waals surface area contributed by atoms with Crippen molar-refractivity contribution >= 4 is 113 Å². The third-order valence-corrected chi connectivity index (χ3v) is 25.4. The number of rotatable bonds is 17. The Labute approximate surface area is 768 Å². The van der Waals surface area contributed by atoms with E-state index in [1.54, 1.807) is 123 Å². The second kappa shape index (κ2) is 43.0. The molecule has 8 bridgehead atoms. The lowest BCUT2D eigenvalue weighted by molar-refractivity contribution is -0.161. The van der Waals surface area contributed by atoms with Gasteiger partial charge in [0, 0.05) is 140 Å². The third kappa shape index (κ3) is 21.5. The maximum atomic E-state index is 14.8. The molecule has 714 valence electrons. The number of aromatic hydroxyl groups is 2. The number of carbonyl (C=O) groups excluding carboxylic acids is 6. The van der Waals surface area contributed by atoms with Crippen molar-refractivity contribution in [3.05, 3.63) is 151 Å². The summed E-state index contributed by atoms with van der Waals surface area (Å²) in [6.07, 6.45) is 11.9. The number of aliphatic hydroxyl groups is 4. The highest BCUT2D eigenvalue weighted by molar-refractivity contribution is 6.28. The number of esters is 2. The quantitative estimate of drug-likeness (QED) is 0.0134. The average Bonchev–Trinajstić information content (AvgIpc) is 1.47. The largest absolute Gasteiger partial charge is 0.505 e. The minimum Gasteiger partial charge on any atom is -0.505 e. The van der Waals surface area contributed by atoms with Crippen molar-refractivity contribution in [3.63, 3.8) is 0 Å². The standard InChI is InChI=1S/C51H65N3O13.C49H60N2O13.CH4/c1-25(2)52-21-13-12-14-22-63-33-18-19-34-36(24-33)66-48-40(53-34)37-38-44(58)31(8)47-39(37)49(60)51(10,67-47)64-23-20-35(62-11)28(5)46(65-32(9)55)30(7)43(57)29(6)42(56)26(3)16-15-17-27(4)50(61)54-41(48)45(38)59;1-23(2)14-13-20-60-31-17-18-32-34(22-31)63-46-38(50-32)35-36-42(55)29(8)45-37(35)47(57)49(10,64-45)61-21-19-33(59-11)26(5)44(62-30(9)52)28(7)41(54)27(6)40(53)24(3)15-12-16-25(4)48(58)51-39(46)43(36)56;/h15-20,23-26,28-30,35,42-43,46,52,56-57,59H,12-14,21-22H2,1-11H3,(H,54,61);12,15-19,21-24,26-28,33,40-41,44,53-54,56H,13-14,20H2,1-11H3,(H,51,58);1H4/b16-15+,23-20+,27-17-;15-12+,21-19+,25-16-;/t26-,28+,29+,30+,35-,42-,43+,46+,51-;24-,26+,27+,28+,33-,40-,41+,44+,49-;/m00./s1. The zero-order valence-electron chi connectivity index (χ0n) is 78.5. The lowest BCUT2D eigenvalue weighted by atomic mass is 9.78. The van der Waals surface area contributed by atoms with Crippen molar-refractivity contribution in [2.45, 2.75) is 244 Å². The highest BCUT2D eigenvalue weighted by Gasteiger charge is 2.52. The van der Waals surface area contributed by atoms with Crippen LogP contribution in [0.2, 0.25) is 0 Å². The summed E-state index contributed by atoms with van der Waals surface area (Å²) in [5.74, 6) is -13.0. The number of allylic oxidation sites excluding steroid dienone is 4. The summed E-state index contributed by atoms with van der Waals surface area (Å²) in [7, 11) is 2.89. The zero-order chi connectivity index (χ0) is 96.0. The number of amides is 2. The molecule has 0 radical (unpaired) electrons. The topological polar surface area (TPSA) is 438 Å². The number of nitrogens with zero attached hydrogens (tertiary/aromatic N) is 2. The van der Waals surface area contributed by atoms with Gasteiger partial charge in [-0.15, -0.1) is 0 Å². The van der Waals surface area contributed by atoms with Crippen LogP contribution in [0.3, 0.4) is 0 Å². The Morgan fingerprint density at radius 1 is 0.523 bits per heavy atom. The Balaban J connectivity index is 0.000000272. The number of Topliss-reactive ketones (excluding diaryl/α,β-unsaturated/α-hetero) is 2. The van der Waals surface area contributed by atoms with Gasteiger partial charge in [-0.05, 0) is 109 Å². The minimum absolute atomic E-state index is 0. The third-order valence-electron chi connectivity index (χ3n) is 25.4. The summed E-state index contributed by atoms with van der Waals surface area (Å²) in [5, 5.41) is 78.4. The summed E-state index contributed by atoms with van der Waals surface area (Å²) >= 11 is 0. The van der Waals surface area contributed by atoms with Gasteiger partial charge in [-0.3, -0.25) is 38.4 Å². The Morgan fingerprint density at radius 3 is 1.29 bits per heavy atom. The van der Waals surface area contributed by atoms with Gasteiger partial charge >= 0.3 is 23.5 Å². The van der Waals surface area contributed by atoms with Crippen LogP contribution in [0.25, 0.3) is 65.9 Å². The summed E-state index contributed by atoms with van der Waals surface area (Å²) in [5.41, 5.74) is -0.919. The summed E-state index contributed by atoms with van der Waals surface area (Å²) < 4.78 is 72.8. The summed E-state index contributed by atoms with van der Waals surface area (Å²) in [6.45, 7) is 35.5. The van der Waals surface area contributed by atoms with E-state index in [1.165, 1.54) is 99.5 Å². The number of fused-ring (bicyclic) bond motifs is 4. The molecule has 31 nitrogen and oxygen atoms in total. The smallest absolute Gasteiger partial charge is 0.312 e. The van der Waals surface area contributed by atoms with E-state index in [2.05, 4.69) is 43.6 Å². The molecule has 0 saturated carbocycles. The van der Waals surface area contributed by atoms with Gasteiger partial charge in [-0.1, -0.05) is 127 Å². The van der Waals surface area contributed by atoms with Crippen LogP contribution in [-0.4, -0.2) is 176 Å². The molecule has 0 saturated heterocycles. The number of methoxy groups -OCH3 is 2. The number of hydrogen-bond acceptors (Lipinski definition) is 29. The van der Waals surface area contributed by atoms with Crippen LogP contribution in [0.1, 0.15) is 196 Å². The molecule has 8 aromatic rings. The van der Waals surface area contributed by atoms with E-state index in [-0.39, 0.29) is 119 Å². The fraction of sp³-hybridized carbons (Fsp3) is 0.505. The van der Waals surface area contributed by atoms with Crippen LogP contribution in [0.5, 0.6) is 34.5 Å². The normalized spacial score (nSPS) is 28.2. The predicted octanol–water partition coefficient (Wildman–Crippen LogP) is 16.0. The molecule has 31 heteroatoms. The molecule has 4 aliphatic heterocycles. The maximum absolute atomic E-state index is 14.8. The number of benzene rings is 6. The van der Waals surface area contributed by atoms with Crippen LogP contribution < -0.4 is 45.8 Å². The van der Waals surface area contributed by atoms with E-state index < -0.39 is 165 Å². The second-order valence-corrected chi connectivity index (χ2v) is 36.1. The molecule has 6 aromatic carbocycles. The van der Waals surface area contributed by atoms with Crippen LogP contribution in [0.15, 0.2) is 127 Å². The van der Waals surface area contributed by atoms with Crippen molar-refractivity contribution in [1.82, 2.24) is 15.3 Å². The van der Waals surface area contributed by atoms with E-state index >= 15 is 0 Å². The van der Waals surface area contributed by atoms with Gasteiger partial charge in [0.2, 0.25) is 0 Å². The minimum atomic E-state index is -2.05. The van der Waals surface area contributed by atoms with Gasteiger partial charge in [-0.25, -0.2) is 9.97 Å². The number of aromatic nitrogens is 2. The Bertz CT molecular complexity index is 6000. The molecule has 18 atom stereocenters. The Morgan fingerprint density at radius 2 is 0.917 bits per heavy atom. The number of unbranched alkanes of at least 4 members (excludes halogenated alkanes) is 2. The summed E-state index contributed by atoms with van der Waals surface area (Å²) in [6, 6.07) is 10.5. The molecular weight excluding hydrogens is 1700 g/mol. The fourth-order valence-electron chi connectivity index (χ4n) is 17.4. The van der Waals surface area contributed by atoms with E-state index in [0.29, 0.717) is 47.7 Å². The van der Waals surface area contributed by atoms with Crippen molar-refractivity contribution in [1.29, 1.82) is 0 Å². The van der Waals surface area contributed by atoms with Crippen LogP contribution >= 0.6 is 0 Å². The van der Waals surface area contributed by atoms with Crippen molar-refractivity contribution < 1.29 is 116 Å². The first kappa shape index (κ1) is 103. The van der Waals surface area contributed by atoms with Gasteiger partial charge in [0.25, 0.3) is 23.4 Å². The average molecular weight is 1830 g/mol. The van der Waals surface area contributed by atoms with E-state index in [0.717, 1.165) is 38.6 Å². The van der Waals surface area contributed by atoms with Crippen LogP contribution in [0, 0.1) is 67.1 Å². The van der Waals surface area contributed by atoms with Gasteiger partial charge in [-0.2, -0.15) is 0 Å². The monoisotopic (exact) mass is 1830 g/mol. The first-order chi connectivity index (χ1) is 61.9. The predicted molar refractivity (Wildman–Crippen MR) is 502 cm³/mol. The number of ketones is 2. The molecule has 2 amide bonds. The summed E-state index contributed by atoms with van der Waals surface area (Å²) in [4.78, 5) is 121. The lowest BCUT2D eigenvalue weighted by Gasteiger charge is -2.38. The first-order valence-corrected chi connectivity index (χ1v) is 44.7. The van der Waals surface area contributed by atoms with Crippen LogP contribution in [-0.2, 0) is 47.6 Å². The fourth-order valence-corrected chi connectivity index (χ4v) is 17.4. The highest BCUT2D eigenvalue weighted by atomic mass is 16.7.